The molecule has 142 valence electrons. The molecule has 0 aliphatic heterocycles. The molecule has 1 heterocycles. The number of amides is 1. The van der Waals surface area contributed by atoms with Crippen LogP contribution in [0.4, 0.5) is 5.69 Å². The molecule has 3 rings (SSSR count). The quantitative estimate of drug-likeness (QED) is 0.695. The van der Waals surface area contributed by atoms with Gasteiger partial charge in [0, 0.05) is 11.7 Å². The van der Waals surface area contributed by atoms with Gasteiger partial charge in [-0.2, -0.15) is 0 Å². The van der Waals surface area contributed by atoms with Gasteiger partial charge in [-0.25, -0.2) is 0 Å². The van der Waals surface area contributed by atoms with E-state index in [-0.39, 0.29) is 16.8 Å². The Morgan fingerprint density at radius 2 is 1.85 bits per heavy atom. The van der Waals surface area contributed by atoms with E-state index in [9.17, 15) is 9.59 Å². The minimum Gasteiger partial charge on any atom is -0.481 e. The summed E-state index contributed by atoms with van der Waals surface area (Å²) in [6, 6.07) is 11.5. The molecule has 2 aromatic carbocycles. The van der Waals surface area contributed by atoms with E-state index in [1.807, 2.05) is 64.1 Å². The molecule has 1 amide bonds. The van der Waals surface area contributed by atoms with Crippen LogP contribution in [0.1, 0.15) is 37.9 Å². The number of fused-ring (bicyclic) bond motifs is 1. The number of anilines is 1. The average molecular weight is 385 g/mol. The number of hydrogen-bond donors (Lipinski definition) is 1. The van der Waals surface area contributed by atoms with Crippen molar-refractivity contribution in [1.29, 1.82) is 0 Å². The van der Waals surface area contributed by atoms with Crippen LogP contribution in [0, 0.1) is 13.8 Å². The molecule has 0 bridgehead atoms. The van der Waals surface area contributed by atoms with Crippen LogP contribution in [0.25, 0.3) is 10.2 Å². The van der Waals surface area contributed by atoms with E-state index in [2.05, 4.69) is 5.32 Å². The maximum Gasteiger partial charge on any atom is 0.308 e. The van der Waals surface area contributed by atoms with Crippen molar-refractivity contribution >= 4 is 33.1 Å². The Balaban J connectivity index is 1.77. The lowest BCUT2D eigenvalue weighted by atomic mass is 10.1. The van der Waals surface area contributed by atoms with Gasteiger partial charge < -0.3 is 10.1 Å². The van der Waals surface area contributed by atoms with Crippen molar-refractivity contribution in [3.05, 3.63) is 57.2 Å². The summed E-state index contributed by atoms with van der Waals surface area (Å²) in [4.78, 5) is 24.7. The molecule has 0 radical (unpaired) electrons. The lowest BCUT2D eigenvalue weighted by Crippen LogP contribution is -2.30. The van der Waals surface area contributed by atoms with Gasteiger partial charge in [0.05, 0.1) is 10.2 Å². The van der Waals surface area contributed by atoms with E-state index >= 15 is 0 Å². The van der Waals surface area contributed by atoms with Crippen molar-refractivity contribution in [3.63, 3.8) is 0 Å². The van der Waals surface area contributed by atoms with Crippen molar-refractivity contribution in [3.8, 4) is 5.75 Å². The Hall–Kier alpha value is -2.60. The molecule has 1 aromatic heterocycles. The Kier molecular flexibility index (Phi) is 5.37. The Labute approximate surface area is 162 Å². The summed E-state index contributed by atoms with van der Waals surface area (Å²) in [5.41, 5.74) is 3.61. The van der Waals surface area contributed by atoms with E-state index in [4.69, 9.17) is 4.74 Å². The van der Waals surface area contributed by atoms with Crippen LogP contribution in [0.3, 0.4) is 0 Å². The van der Waals surface area contributed by atoms with Crippen LogP contribution < -0.4 is 14.9 Å². The number of hydrogen-bond acceptors (Lipinski definition) is 4. The SMILES string of the molecule is Cc1ccc(C)c(OC(C)C(=O)Nc2ccc3c(c2)sc(=O)n3C(C)C)c1. The van der Waals surface area contributed by atoms with Crippen molar-refractivity contribution in [1.82, 2.24) is 4.57 Å². The number of benzene rings is 2. The van der Waals surface area contributed by atoms with E-state index in [1.54, 1.807) is 11.5 Å². The summed E-state index contributed by atoms with van der Waals surface area (Å²) in [7, 11) is 0. The number of aromatic nitrogens is 1. The second-order valence-corrected chi connectivity index (χ2v) is 8.03. The first-order chi connectivity index (χ1) is 12.8. The normalized spacial score (nSPS) is 12.4. The lowest BCUT2D eigenvalue weighted by Gasteiger charge is -2.17. The first-order valence-corrected chi connectivity index (χ1v) is 9.78. The third-order valence-electron chi connectivity index (χ3n) is 4.41. The maximum atomic E-state index is 12.5. The van der Waals surface area contributed by atoms with Crippen molar-refractivity contribution in [2.24, 2.45) is 0 Å². The molecule has 0 spiro atoms. The second-order valence-electron chi connectivity index (χ2n) is 7.03. The molecule has 1 atom stereocenters. The van der Waals surface area contributed by atoms with Gasteiger partial charge in [-0.3, -0.25) is 14.2 Å². The molecule has 0 saturated heterocycles. The first-order valence-electron chi connectivity index (χ1n) is 8.96. The molecule has 0 aliphatic carbocycles. The maximum absolute atomic E-state index is 12.5. The number of carbonyl (C=O) groups is 1. The minimum absolute atomic E-state index is 0.00935. The number of carbonyl (C=O) groups excluding carboxylic acids is 1. The van der Waals surface area contributed by atoms with Gasteiger partial charge in [-0.15, -0.1) is 0 Å². The smallest absolute Gasteiger partial charge is 0.308 e. The monoisotopic (exact) mass is 384 g/mol. The third kappa shape index (κ3) is 4.06. The van der Waals surface area contributed by atoms with Crippen molar-refractivity contribution in [2.75, 3.05) is 5.32 Å². The zero-order chi connectivity index (χ0) is 19.7. The van der Waals surface area contributed by atoms with Crippen LogP contribution in [0.5, 0.6) is 5.75 Å². The van der Waals surface area contributed by atoms with Gasteiger partial charge in [0.15, 0.2) is 6.10 Å². The molecule has 0 aliphatic rings. The van der Waals surface area contributed by atoms with Crippen molar-refractivity contribution < 1.29 is 9.53 Å². The predicted octanol–water partition coefficient (Wildman–Crippen LogP) is 4.67. The number of ether oxygens (including phenoxy) is 1. The molecule has 3 aromatic rings. The summed E-state index contributed by atoms with van der Waals surface area (Å²) >= 11 is 1.19. The lowest BCUT2D eigenvalue weighted by molar-refractivity contribution is -0.122. The standard InChI is InChI=1S/C21H24N2O3S/c1-12(2)23-17-9-8-16(11-19(17)27-21(23)25)22-20(24)15(5)26-18-10-13(3)6-7-14(18)4/h6-12,15H,1-5H3,(H,22,24). The molecular weight excluding hydrogens is 360 g/mol. The van der Waals surface area contributed by atoms with E-state index in [0.717, 1.165) is 21.3 Å². The highest BCUT2D eigenvalue weighted by Gasteiger charge is 2.17. The van der Waals surface area contributed by atoms with Gasteiger partial charge in [0.25, 0.3) is 5.91 Å². The highest BCUT2D eigenvalue weighted by Crippen LogP contribution is 2.25. The number of aryl methyl sites for hydroxylation is 2. The first kappa shape index (κ1) is 19.2. The third-order valence-corrected chi connectivity index (χ3v) is 5.33. The zero-order valence-electron chi connectivity index (χ0n) is 16.2. The average Bonchev–Trinajstić information content (AvgIpc) is 2.93. The summed E-state index contributed by atoms with van der Waals surface area (Å²) in [5.74, 6) is 0.478. The summed E-state index contributed by atoms with van der Waals surface area (Å²) in [6.07, 6.45) is -0.639. The topological polar surface area (TPSA) is 60.3 Å². The molecule has 1 N–H and O–H groups in total. The number of rotatable bonds is 5. The van der Waals surface area contributed by atoms with Crippen molar-refractivity contribution in [2.45, 2.75) is 46.8 Å². The molecule has 27 heavy (non-hydrogen) atoms. The summed E-state index contributed by atoms with van der Waals surface area (Å²) in [5, 5.41) is 2.88. The fourth-order valence-electron chi connectivity index (χ4n) is 2.93. The molecule has 0 saturated carbocycles. The van der Waals surface area contributed by atoms with Gasteiger partial charge >= 0.3 is 4.87 Å². The fraction of sp³-hybridized carbons (Fsp3) is 0.333. The van der Waals surface area contributed by atoms with Crippen LogP contribution >= 0.6 is 11.3 Å². The zero-order valence-corrected chi connectivity index (χ0v) is 17.0. The van der Waals surface area contributed by atoms with E-state index in [0.29, 0.717) is 11.4 Å². The fourth-order valence-corrected chi connectivity index (χ4v) is 3.98. The Morgan fingerprint density at radius 1 is 1.11 bits per heavy atom. The highest BCUT2D eigenvalue weighted by atomic mass is 32.1. The largest absolute Gasteiger partial charge is 0.481 e. The Bertz CT molecular complexity index is 1050. The second kappa shape index (κ2) is 7.56. The molecule has 1 unspecified atom stereocenters. The number of nitrogens with one attached hydrogen (secondary N) is 1. The van der Waals surface area contributed by atoms with Crippen LogP contribution in [-0.4, -0.2) is 16.6 Å². The van der Waals surface area contributed by atoms with Crippen LogP contribution in [0.2, 0.25) is 0 Å². The molecule has 0 fully saturated rings. The van der Waals surface area contributed by atoms with Gasteiger partial charge in [0.2, 0.25) is 0 Å². The van der Waals surface area contributed by atoms with Gasteiger partial charge in [-0.05, 0) is 70.0 Å². The predicted molar refractivity (Wildman–Crippen MR) is 111 cm³/mol. The molecular formula is C21H24N2O3S. The number of nitrogens with zero attached hydrogens (tertiary/aromatic N) is 1. The van der Waals surface area contributed by atoms with Gasteiger partial charge in [-0.1, -0.05) is 23.5 Å². The molecule has 6 heteroatoms. The summed E-state index contributed by atoms with van der Waals surface area (Å²) in [6.45, 7) is 9.63. The Morgan fingerprint density at radius 3 is 2.56 bits per heavy atom. The molecule has 5 nitrogen and oxygen atoms in total. The minimum atomic E-state index is -0.639. The highest BCUT2D eigenvalue weighted by molar-refractivity contribution is 7.16. The summed E-state index contributed by atoms with van der Waals surface area (Å²) < 4.78 is 8.46. The van der Waals surface area contributed by atoms with Gasteiger partial charge in [0.1, 0.15) is 5.75 Å². The van der Waals surface area contributed by atoms with E-state index < -0.39 is 6.10 Å². The van der Waals surface area contributed by atoms with Crippen LogP contribution in [0.15, 0.2) is 41.2 Å². The number of thiazole rings is 1. The van der Waals surface area contributed by atoms with E-state index in [1.165, 1.54) is 11.3 Å². The van der Waals surface area contributed by atoms with Crippen LogP contribution in [-0.2, 0) is 4.79 Å².